The molecule has 1 aromatic carbocycles. The average molecular weight is 260 g/mol. The van der Waals surface area contributed by atoms with E-state index in [9.17, 15) is 4.79 Å². The van der Waals surface area contributed by atoms with Crippen molar-refractivity contribution in [3.05, 3.63) is 36.0 Å². The summed E-state index contributed by atoms with van der Waals surface area (Å²) in [5.41, 5.74) is 7.49. The predicted molar refractivity (Wildman–Crippen MR) is 70.5 cm³/mol. The molecule has 5 nitrogen and oxygen atoms in total. The zero-order chi connectivity index (χ0) is 13.5. The Morgan fingerprint density at radius 1 is 1.47 bits per heavy atom. The van der Waals surface area contributed by atoms with Crippen LogP contribution in [0, 0.1) is 5.41 Å². The summed E-state index contributed by atoms with van der Waals surface area (Å²) in [7, 11) is 1.38. The topological polar surface area (TPSA) is 77.3 Å². The van der Waals surface area contributed by atoms with Gasteiger partial charge in [0.2, 0.25) is 0 Å². The second-order valence-corrected chi connectivity index (χ2v) is 4.91. The first-order chi connectivity index (χ1) is 9.19. The van der Waals surface area contributed by atoms with Crippen LogP contribution in [-0.2, 0) is 14.3 Å². The van der Waals surface area contributed by atoms with Gasteiger partial charge in [0, 0.05) is 17.1 Å². The number of nitrogens with one attached hydrogen (secondary N) is 1. The summed E-state index contributed by atoms with van der Waals surface area (Å²) in [6.45, 7) is 0.612. The first-order valence-electron chi connectivity index (χ1n) is 6.17. The highest BCUT2D eigenvalue weighted by Gasteiger charge is 2.53. The third-order valence-corrected chi connectivity index (χ3v) is 3.86. The van der Waals surface area contributed by atoms with Crippen LogP contribution >= 0.6 is 0 Å². The smallest absolute Gasteiger partial charge is 0.318 e. The molecule has 1 atom stereocenters. The summed E-state index contributed by atoms with van der Waals surface area (Å²) in [6.07, 6.45) is 1.86. The minimum atomic E-state index is -0.764. The number of benzene rings is 1. The Kier molecular flexibility index (Phi) is 2.80. The number of para-hydroxylation sites is 1. The third-order valence-electron chi connectivity index (χ3n) is 3.86. The van der Waals surface area contributed by atoms with E-state index in [-0.39, 0.29) is 5.97 Å². The molecule has 0 aliphatic carbocycles. The van der Waals surface area contributed by atoms with E-state index < -0.39 is 11.5 Å². The molecular weight excluding hydrogens is 244 g/mol. The SMILES string of the molecule is COC(=O)C1(C(N)c2c[nH]c3ccccc23)COC1. The van der Waals surface area contributed by atoms with Gasteiger partial charge in [-0.2, -0.15) is 0 Å². The molecule has 100 valence electrons. The van der Waals surface area contributed by atoms with E-state index in [1.165, 1.54) is 7.11 Å². The van der Waals surface area contributed by atoms with E-state index in [2.05, 4.69) is 4.98 Å². The number of H-pyrrole nitrogens is 1. The fourth-order valence-corrected chi connectivity index (χ4v) is 2.60. The van der Waals surface area contributed by atoms with Gasteiger partial charge in [-0.25, -0.2) is 0 Å². The Morgan fingerprint density at radius 2 is 2.21 bits per heavy atom. The lowest BCUT2D eigenvalue weighted by Gasteiger charge is -2.42. The Bertz CT molecular complexity index is 616. The van der Waals surface area contributed by atoms with E-state index in [1.807, 2.05) is 30.5 Å². The number of hydrogen-bond donors (Lipinski definition) is 2. The van der Waals surface area contributed by atoms with E-state index in [4.69, 9.17) is 15.2 Å². The zero-order valence-electron chi connectivity index (χ0n) is 10.7. The van der Waals surface area contributed by atoms with Gasteiger partial charge < -0.3 is 20.2 Å². The van der Waals surface area contributed by atoms with Crippen molar-refractivity contribution in [2.45, 2.75) is 6.04 Å². The quantitative estimate of drug-likeness (QED) is 0.817. The molecule has 19 heavy (non-hydrogen) atoms. The van der Waals surface area contributed by atoms with Crippen LogP contribution < -0.4 is 5.73 Å². The maximum Gasteiger partial charge on any atom is 0.318 e. The Balaban J connectivity index is 2.03. The molecule has 1 aromatic heterocycles. The second kappa shape index (κ2) is 4.36. The normalized spacial score (nSPS) is 18.8. The maximum absolute atomic E-state index is 12.0. The first-order valence-corrected chi connectivity index (χ1v) is 6.17. The lowest BCUT2D eigenvalue weighted by Crippen LogP contribution is -2.56. The summed E-state index contributed by atoms with van der Waals surface area (Å²) in [6, 6.07) is 7.44. The maximum atomic E-state index is 12.0. The standard InChI is InChI=1S/C14H16N2O3/c1-18-13(17)14(7-19-8-14)12(15)10-6-16-11-5-3-2-4-9(10)11/h2-6,12,16H,7-8,15H2,1H3. The third kappa shape index (κ3) is 1.66. The molecule has 1 aliphatic rings. The molecule has 0 spiro atoms. The van der Waals surface area contributed by atoms with Crippen LogP contribution in [0.5, 0.6) is 0 Å². The first kappa shape index (κ1) is 12.2. The summed E-state index contributed by atoms with van der Waals surface area (Å²) in [4.78, 5) is 15.2. The lowest BCUT2D eigenvalue weighted by atomic mass is 9.75. The molecule has 0 amide bonds. The van der Waals surface area contributed by atoms with Gasteiger partial charge in [0.15, 0.2) is 0 Å². The number of carbonyl (C=O) groups is 1. The van der Waals surface area contributed by atoms with Crippen molar-refractivity contribution in [1.82, 2.24) is 4.98 Å². The highest BCUT2D eigenvalue weighted by molar-refractivity contribution is 5.86. The van der Waals surface area contributed by atoms with Gasteiger partial charge in [0.1, 0.15) is 5.41 Å². The van der Waals surface area contributed by atoms with Crippen molar-refractivity contribution < 1.29 is 14.3 Å². The molecule has 2 aromatic rings. The highest BCUT2D eigenvalue weighted by atomic mass is 16.5. The number of fused-ring (bicyclic) bond motifs is 1. The molecule has 3 N–H and O–H groups in total. The molecular formula is C14H16N2O3. The number of methoxy groups -OCH3 is 1. The second-order valence-electron chi connectivity index (χ2n) is 4.91. The summed E-state index contributed by atoms with van der Waals surface area (Å²) < 4.78 is 10.1. The number of aromatic amines is 1. The molecule has 0 bridgehead atoms. The zero-order valence-corrected chi connectivity index (χ0v) is 10.7. The van der Waals surface area contributed by atoms with Crippen molar-refractivity contribution in [3.8, 4) is 0 Å². The Hall–Kier alpha value is -1.85. The molecule has 0 radical (unpaired) electrons. The molecule has 1 fully saturated rings. The van der Waals surface area contributed by atoms with Crippen LogP contribution in [-0.4, -0.2) is 31.3 Å². The molecule has 0 saturated carbocycles. The summed E-state index contributed by atoms with van der Waals surface area (Å²) in [5, 5.41) is 1.03. The number of hydrogen-bond acceptors (Lipinski definition) is 4. The van der Waals surface area contributed by atoms with Gasteiger partial charge in [-0.05, 0) is 11.6 Å². The van der Waals surface area contributed by atoms with E-state index in [0.717, 1.165) is 16.5 Å². The predicted octanol–water partition coefficient (Wildman–Crippen LogP) is 1.36. The van der Waals surface area contributed by atoms with Crippen LogP contribution in [0.1, 0.15) is 11.6 Å². The number of esters is 1. The minimum absolute atomic E-state index is 0.306. The van der Waals surface area contributed by atoms with Crippen molar-refractivity contribution in [2.24, 2.45) is 11.1 Å². The van der Waals surface area contributed by atoms with E-state index >= 15 is 0 Å². The van der Waals surface area contributed by atoms with Gasteiger partial charge in [0.25, 0.3) is 0 Å². The minimum Gasteiger partial charge on any atom is -0.468 e. The summed E-state index contributed by atoms with van der Waals surface area (Å²) >= 11 is 0. The van der Waals surface area contributed by atoms with Gasteiger partial charge >= 0.3 is 5.97 Å². The van der Waals surface area contributed by atoms with Crippen molar-refractivity contribution in [1.29, 1.82) is 0 Å². The molecule has 1 saturated heterocycles. The number of ether oxygens (including phenoxy) is 2. The fraction of sp³-hybridized carbons (Fsp3) is 0.357. The Labute approximate surface area is 110 Å². The molecule has 1 aliphatic heterocycles. The molecule has 3 rings (SSSR count). The van der Waals surface area contributed by atoms with E-state index in [0.29, 0.717) is 13.2 Å². The van der Waals surface area contributed by atoms with Crippen LogP contribution in [0.4, 0.5) is 0 Å². The largest absolute Gasteiger partial charge is 0.468 e. The number of rotatable bonds is 3. The van der Waals surface area contributed by atoms with Crippen molar-refractivity contribution in [3.63, 3.8) is 0 Å². The van der Waals surface area contributed by atoms with Crippen LogP contribution in [0.2, 0.25) is 0 Å². The van der Waals surface area contributed by atoms with Crippen molar-refractivity contribution in [2.75, 3.05) is 20.3 Å². The number of aromatic nitrogens is 1. The van der Waals surface area contributed by atoms with E-state index in [1.54, 1.807) is 0 Å². The lowest BCUT2D eigenvalue weighted by molar-refractivity contribution is -0.188. The van der Waals surface area contributed by atoms with Crippen LogP contribution in [0.3, 0.4) is 0 Å². The molecule has 2 heterocycles. The monoisotopic (exact) mass is 260 g/mol. The molecule has 1 unspecified atom stereocenters. The van der Waals surface area contributed by atoms with Gasteiger partial charge in [0.05, 0.1) is 26.4 Å². The molecule has 5 heteroatoms. The van der Waals surface area contributed by atoms with Gasteiger partial charge in [-0.1, -0.05) is 18.2 Å². The average Bonchev–Trinajstić information content (AvgIpc) is 2.80. The van der Waals surface area contributed by atoms with Crippen LogP contribution in [0.15, 0.2) is 30.5 Å². The number of nitrogens with two attached hydrogens (primary N) is 1. The fourth-order valence-electron chi connectivity index (χ4n) is 2.60. The Morgan fingerprint density at radius 3 is 2.84 bits per heavy atom. The van der Waals surface area contributed by atoms with Gasteiger partial charge in [-0.15, -0.1) is 0 Å². The highest BCUT2D eigenvalue weighted by Crippen LogP contribution is 2.42. The van der Waals surface area contributed by atoms with Crippen molar-refractivity contribution >= 4 is 16.9 Å². The number of carbonyl (C=O) groups excluding carboxylic acids is 1. The summed E-state index contributed by atoms with van der Waals surface area (Å²) in [5.74, 6) is -0.309. The van der Waals surface area contributed by atoms with Crippen LogP contribution in [0.25, 0.3) is 10.9 Å². The van der Waals surface area contributed by atoms with Gasteiger partial charge in [-0.3, -0.25) is 4.79 Å².